The molecule has 0 spiro atoms. The normalized spacial score (nSPS) is 22.8. The Bertz CT molecular complexity index is 1040. The van der Waals surface area contributed by atoms with E-state index in [0.717, 1.165) is 42.8 Å². The first-order valence-electron chi connectivity index (χ1n) is 10.3. The van der Waals surface area contributed by atoms with Gasteiger partial charge in [0.15, 0.2) is 5.82 Å². The molecule has 1 saturated heterocycles. The van der Waals surface area contributed by atoms with E-state index in [1.165, 1.54) is 12.8 Å². The lowest BCUT2D eigenvalue weighted by Crippen LogP contribution is -2.48. The number of rotatable bonds is 5. The SMILES string of the molecule is Cc1ccn2ncc(C(=O)NC3CCN(Cc4nnnn4C4CC4)C(C)C3)c2c1. The Hall–Kier alpha value is -2.81. The summed E-state index contributed by atoms with van der Waals surface area (Å²) in [5, 5.41) is 19.7. The second-order valence-corrected chi connectivity index (χ2v) is 8.38. The molecule has 9 nitrogen and oxygen atoms in total. The molecule has 2 aliphatic rings. The van der Waals surface area contributed by atoms with Crippen molar-refractivity contribution in [3.05, 3.63) is 41.5 Å². The van der Waals surface area contributed by atoms with Gasteiger partial charge in [0.1, 0.15) is 0 Å². The Balaban J connectivity index is 1.22. The quantitative estimate of drug-likeness (QED) is 0.709. The first-order valence-corrected chi connectivity index (χ1v) is 10.3. The van der Waals surface area contributed by atoms with Crippen LogP contribution in [-0.2, 0) is 6.54 Å². The molecule has 3 aromatic rings. The maximum Gasteiger partial charge on any atom is 0.255 e. The second kappa shape index (κ2) is 7.22. The number of likely N-dealkylation sites (tertiary alicyclic amines) is 1. The molecule has 1 aliphatic carbocycles. The van der Waals surface area contributed by atoms with E-state index in [4.69, 9.17) is 0 Å². The Labute approximate surface area is 169 Å². The van der Waals surface area contributed by atoms with Gasteiger partial charge < -0.3 is 5.32 Å². The number of amides is 1. The summed E-state index contributed by atoms with van der Waals surface area (Å²) in [4.78, 5) is 15.3. The monoisotopic (exact) mass is 394 g/mol. The van der Waals surface area contributed by atoms with Crippen LogP contribution in [0.3, 0.4) is 0 Å². The number of piperidine rings is 1. The third-order valence-corrected chi connectivity index (χ3v) is 6.07. The van der Waals surface area contributed by atoms with Crippen molar-refractivity contribution < 1.29 is 4.79 Å². The molecule has 152 valence electrons. The van der Waals surface area contributed by atoms with Gasteiger partial charge in [0, 0.05) is 24.8 Å². The van der Waals surface area contributed by atoms with Crippen LogP contribution in [0.15, 0.2) is 24.5 Å². The van der Waals surface area contributed by atoms with Crippen LogP contribution < -0.4 is 5.32 Å². The molecule has 2 unspecified atom stereocenters. The van der Waals surface area contributed by atoms with Gasteiger partial charge >= 0.3 is 0 Å². The Morgan fingerprint density at radius 2 is 2.17 bits per heavy atom. The molecule has 0 bridgehead atoms. The van der Waals surface area contributed by atoms with Crippen LogP contribution in [0.2, 0.25) is 0 Å². The number of aromatic nitrogens is 6. The van der Waals surface area contributed by atoms with Gasteiger partial charge in [-0.1, -0.05) is 0 Å². The van der Waals surface area contributed by atoms with E-state index < -0.39 is 0 Å². The Morgan fingerprint density at radius 3 is 2.97 bits per heavy atom. The molecular weight excluding hydrogens is 368 g/mol. The van der Waals surface area contributed by atoms with Crippen LogP contribution >= 0.6 is 0 Å². The minimum Gasteiger partial charge on any atom is -0.349 e. The summed E-state index contributed by atoms with van der Waals surface area (Å²) >= 11 is 0. The average molecular weight is 394 g/mol. The summed E-state index contributed by atoms with van der Waals surface area (Å²) in [5.41, 5.74) is 2.59. The van der Waals surface area contributed by atoms with Crippen molar-refractivity contribution in [2.45, 2.75) is 64.2 Å². The summed E-state index contributed by atoms with van der Waals surface area (Å²) in [6.07, 6.45) is 7.71. The molecule has 1 N–H and O–H groups in total. The van der Waals surface area contributed by atoms with Crippen molar-refractivity contribution in [2.75, 3.05) is 6.54 Å². The van der Waals surface area contributed by atoms with E-state index in [-0.39, 0.29) is 11.9 Å². The van der Waals surface area contributed by atoms with E-state index in [9.17, 15) is 4.79 Å². The van der Waals surface area contributed by atoms with Crippen molar-refractivity contribution in [2.24, 2.45) is 0 Å². The second-order valence-electron chi connectivity index (χ2n) is 8.38. The maximum atomic E-state index is 12.9. The lowest BCUT2D eigenvalue weighted by Gasteiger charge is -2.37. The summed E-state index contributed by atoms with van der Waals surface area (Å²) < 4.78 is 3.73. The van der Waals surface area contributed by atoms with Crippen molar-refractivity contribution in [3.63, 3.8) is 0 Å². The van der Waals surface area contributed by atoms with Crippen molar-refractivity contribution in [1.82, 2.24) is 40.0 Å². The maximum absolute atomic E-state index is 12.9. The molecule has 1 amide bonds. The minimum atomic E-state index is -0.0473. The molecular formula is C20H26N8O. The number of nitrogens with one attached hydrogen (secondary N) is 1. The van der Waals surface area contributed by atoms with Crippen LogP contribution in [-0.4, -0.2) is 59.3 Å². The first kappa shape index (κ1) is 18.2. The molecule has 1 aliphatic heterocycles. The highest BCUT2D eigenvalue weighted by Crippen LogP contribution is 2.34. The van der Waals surface area contributed by atoms with E-state index >= 15 is 0 Å². The molecule has 9 heteroatoms. The fourth-order valence-electron chi connectivity index (χ4n) is 4.21. The van der Waals surface area contributed by atoms with Crippen LogP contribution in [0.25, 0.3) is 5.52 Å². The zero-order chi connectivity index (χ0) is 20.0. The molecule has 4 heterocycles. The van der Waals surface area contributed by atoms with Gasteiger partial charge in [-0.15, -0.1) is 5.10 Å². The lowest BCUT2D eigenvalue weighted by atomic mass is 9.98. The Morgan fingerprint density at radius 1 is 1.31 bits per heavy atom. The highest BCUT2D eigenvalue weighted by Gasteiger charge is 2.31. The molecule has 0 aromatic carbocycles. The van der Waals surface area contributed by atoms with E-state index in [1.54, 1.807) is 10.7 Å². The minimum absolute atomic E-state index is 0.0473. The number of pyridine rings is 1. The largest absolute Gasteiger partial charge is 0.349 e. The highest BCUT2D eigenvalue weighted by molar-refractivity contribution is 6.00. The van der Waals surface area contributed by atoms with Gasteiger partial charge in [-0.25, -0.2) is 9.20 Å². The number of carbonyl (C=O) groups excluding carboxylic acids is 1. The predicted octanol–water partition coefficient (Wildman–Crippen LogP) is 1.75. The number of nitrogens with zero attached hydrogens (tertiary/aromatic N) is 7. The number of hydrogen-bond donors (Lipinski definition) is 1. The number of carbonyl (C=O) groups is 1. The van der Waals surface area contributed by atoms with Crippen molar-refractivity contribution in [3.8, 4) is 0 Å². The fourth-order valence-corrected chi connectivity index (χ4v) is 4.21. The molecule has 3 aromatic heterocycles. The molecule has 5 rings (SSSR count). The van der Waals surface area contributed by atoms with Crippen molar-refractivity contribution >= 4 is 11.4 Å². The number of aryl methyl sites for hydroxylation is 1. The van der Waals surface area contributed by atoms with E-state index in [1.807, 2.05) is 29.9 Å². The molecule has 0 radical (unpaired) electrons. The van der Waals surface area contributed by atoms with Crippen molar-refractivity contribution in [1.29, 1.82) is 0 Å². The third-order valence-electron chi connectivity index (χ3n) is 6.07. The van der Waals surface area contributed by atoms with Crippen LogP contribution in [0.1, 0.15) is 60.4 Å². The molecule has 1 saturated carbocycles. The lowest BCUT2D eigenvalue weighted by molar-refractivity contribution is 0.0861. The Kier molecular flexibility index (Phi) is 4.54. The fraction of sp³-hybridized carbons (Fsp3) is 0.550. The smallest absolute Gasteiger partial charge is 0.255 e. The summed E-state index contributed by atoms with van der Waals surface area (Å²) in [7, 11) is 0. The zero-order valence-electron chi connectivity index (χ0n) is 16.8. The molecule has 2 fully saturated rings. The summed E-state index contributed by atoms with van der Waals surface area (Å²) in [5.74, 6) is 0.900. The van der Waals surface area contributed by atoms with Gasteiger partial charge in [-0.05, 0) is 67.7 Å². The standard InChI is InChI=1S/C20H26N8O/c1-13-5-8-27-18(9-13)17(11-21-27)20(29)22-15-6-7-26(14(2)10-15)12-19-23-24-25-28(19)16-3-4-16/h5,8-9,11,14-16H,3-4,6-7,10,12H2,1-2H3,(H,22,29). The van der Waals surface area contributed by atoms with E-state index in [0.29, 0.717) is 17.6 Å². The average Bonchev–Trinajstić information content (AvgIpc) is 3.29. The molecule has 29 heavy (non-hydrogen) atoms. The van der Waals surface area contributed by atoms with Gasteiger partial charge in [-0.3, -0.25) is 9.69 Å². The first-order chi connectivity index (χ1) is 14.1. The van der Waals surface area contributed by atoms with Gasteiger partial charge in [-0.2, -0.15) is 5.10 Å². The summed E-state index contributed by atoms with van der Waals surface area (Å²) in [6, 6.07) is 4.98. The van der Waals surface area contributed by atoms with Gasteiger partial charge in [0.2, 0.25) is 0 Å². The van der Waals surface area contributed by atoms with Crippen LogP contribution in [0.4, 0.5) is 0 Å². The molecule has 2 atom stereocenters. The zero-order valence-corrected chi connectivity index (χ0v) is 16.8. The predicted molar refractivity (Wildman–Crippen MR) is 106 cm³/mol. The van der Waals surface area contributed by atoms with Gasteiger partial charge in [0.05, 0.1) is 29.9 Å². The number of hydrogen-bond acceptors (Lipinski definition) is 6. The van der Waals surface area contributed by atoms with Crippen LogP contribution in [0, 0.1) is 6.92 Å². The van der Waals surface area contributed by atoms with Crippen LogP contribution in [0.5, 0.6) is 0 Å². The van der Waals surface area contributed by atoms with Gasteiger partial charge in [0.25, 0.3) is 5.91 Å². The summed E-state index contributed by atoms with van der Waals surface area (Å²) in [6.45, 7) is 5.91. The number of tetrazole rings is 1. The van der Waals surface area contributed by atoms with E-state index in [2.05, 4.69) is 37.8 Å². The topological polar surface area (TPSA) is 93.2 Å². The highest BCUT2D eigenvalue weighted by atomic mass is 16.1. The number of fused-ring (bicyclic) bond motifs is 1. The third kappa shape index (κ3) is 3.62.